The molecule has 1 saturated heterocycles. The van der Waals surface area contributed by atoms with Gasteiger partial charge in [-0.05, 0) is 76.8 Å². The van der Waals surface area contributed by atoms with E-state index in [1.807, 2.05) is 0 Å². The molecule has 5 amide bonds. The lowest BCUT2D eigenvalue weighted by Crippen LogP contribution is -2.60. The van der Waals surface area contributed by atoms with Crippen LogP contribution in [0.5, 0.6) is 0 Å². The monoisotopic (exact) mass is 1930 g/mol. The zero-order valence-corrected chi connectivity index (χ0v) is 80.2. The summed E-state index contributed by atoms with van der Waals surface area (Å²) in [6.07, 6.45) is 1.78. The molecule has 2 fully saturated rings. The molecule has 0 unspecified atom stereocenters. The van der Waals surface area contributed by atoms with E-state index >= 15 is 0 Å². The fraction of sp³-hybridized carbons (Fsp3) is 0.802. The molecule has 762 valence electrons. The highest BCUT2D eigenvalue weighted by Gasteiger charge is 2.44. The second kappa shape index (κ2) is 80.7. The minimum atomic E-state index is -0.984. The van der Waals surface area contributed by atoms with Crippen molar-refractivity contribution in [2.45, 2.75) is 128 Å². The maximum Gasteiger partial charge on any atom is 0.329 e. The van der Waals surface area contributed by atoms with E-state index in [2.05, 4.69) is 26.6 Å². The van der Waals surface area contributed by atoms with E-state index in [4.69, 9.17) is 146 Å². The summed E-state index contributed by atoms with van der Waals surface area (Å²) in [7, 11) is 0. The average Bonchev–Trinajstić information content (AvgIpc) is 1.01. The van der Waals surface area contributed by atoms with Gasteiger partial charge in [0.25, 0.3) is 5.91 Å². The van der Waals surface area contributed by atoms with Gasteiger partial charge in [0, 0.05) is 50.4 Å². The Labute approximate surface area is 789 Å². The Morgan fingerprint density at radius 3 is 1.05 bits per heavy atom. The van der Waals surface area contributed by atoms with Gasteiger partial charge in [-0.15, -0.1) is 0 Å². The van der Waals surface area contributed by atoms with Crippen LogP contribution in [0.3, 0.4) is 0 Å². The van der Waals surface area contributed by atoms with E-state index in [0.29, 0.717) is 342 Å². The first-order chi connectivity index (χ1) is 64.3. The van der Waals surface area contributed by atoms with Gasteiger partial charge in [-0.2, -0.15) is 0 Å². The number of nitrogens with one attached hydrogen (secondary N) is 5. The Balaban J connectivity index is 0.742. The second-order valence-corrected chi connectivity index (χ2v) is 32.2. The molecule has 0 spiro atoms. The number of ether oxygens (including phenoxy) is 26. The molecule has 39 nitrogen and oxygen atoms in total. The van der Waals surface area contributed by atoms with Gasteiger partial charge < -0.3 is 160 Å². The summed E-state index contributed by atoms with van der Waals surface area (Å²) in [5.74, 6) is -2.47. The Morgan fingerprint density at radius 2 is 0.720 bits per heavy atom. The molecular weight excluding hydrogens is 1780 g/mol. The molecule has 1 heterocycles. The molecule has 7 N–H and O–H groups in total. The number of benzene rings is 2. The van der Waals surface area contributed by atoms with Crippen LogP contribution in [-0.4, -0.2) is 419 Å². The molecule has 4 rings (SSSR count). The molecule has 0 bridgehead atoms. The Bertz CT molecular complexity index is 3160. The van der Waals surface area contributed by atoms with Crippen molar-refractivity contribution in [3.63, 3.8) is 0 Å². The van der Waals surface area contributed by atoms with Gasteiger partial charge in [-0.3, -0.25) is 24.0 Å². The van der Waals surface area contributed by atoms with E-state index in [1.54, 1.807) is 77.1 Å². The molecular formula is C91H155Cl2N5O34. The highest BCUT2D eigenvalue weighted by molar-refractivity contribution is 6.40. The van der Waals surface area contributed by atoms with Crippen LogP contribution in [0.25, 0.3) is 0 Å². The highest BCUT2D eigenvalue weighted by Crippen LogP contribution is 2.41. The highest BCUT2D eigenvalue weighted by atomic mass is 35.5. The van der Waals surface area contributed by atoms with Crippen molar-refractivity contribution in [2.75, 3.05) is 342 Å². The molecule has 6 atom stereocenters. The van der Waals surface area contributed by atoms with Crippen LogP contribution in [0.1, 0.15) is 102 Å². The summed E-state index contributed by atoms with van der Waals surface area (Å²) in [5, 5.41) is 34.6. The Morgan fingerprint density at radius 1 is 0.417 bits per heavy atom. The van der Waals surface area contributed by atoms with Gasteiger partial charge in [0.15, 0.2) is 0 Å². The van der Waals surface area contributed by atoms with Crippen molar-refractivity contribution in [1.29, 1.82) is 0 Å². The van der Waals surface area contributed by atoms with Crippen molar-refractivity contribution in [1.82, 2.24) is 21.3 Å². The maximum absolute atomic E-state index is 14.1. The zero-order valence-electron chi connectivity index (χ0n) is 78.6. The van der Waals surface area contributed by atoms with Crippen molar-refractivity contribution in [3.05, 3.63) is 63.6 Å². The van der Waals surface area contributed by atoms with Crippen LogP contribution in [-0.2, 0) is 154 Å². The van der Waals surface area contributed by atoms with Crippen LogP contribution in [0.4, 0.5) is 5.69 Å². The lowest BCUT2D eigenvalue weighted by Gasteiger charge is -2.42. The number of hydrogen-bond donors (Lipinski definition) is 7. The molecule has 0 radical (unpaired) electrons. The van der Waals surface area contributed by atoms with Crippen molar-refractivity contribution >= 4 is 64.4 Å². The maximum atomic E-state index is 14.1. The zero-order chi connectivity index (χ0) is 95.1. The first-order valence-electron chi connectivity index (χ1n) is 46.3. The third kappa shape index (κ3) is 62.6. The molecule has 0 aromatic heterocycles. The van der Waals surface area contributed by atoms with Crippen LogP contribution in [0.2, 0.25) is 10.0 Å². The predicted molar refractivity (Wildman–Crippen MR) is 486 cm³/mol. The van der Waals surface area contributed by atoms with E-state index in [-0.39, 0.29) is 90.6 Å². The number of esters is 1. The molecule has 1 saturated carbocycles. The normalized spacial score (nSPS) is 16.4. The number of rotatable bonds is 90. The molecule has 41 heteroatoms. The molecule has 132 heavy (non-hydrogen) atoms. The average molecular weight is 1930 g/mol. The SMILES string of the molecule is C[C@H]1[C@@H](O)[C@@H](NC(=O)CCC(=O)NCCOCCOCCOCCOCCOCCOCCOCCOCCOCCOCCOCCOCCOCCOCCOCCOCCOCCOCCOCCOCCOCCOCCOCCOCCC(=O)NCCC2(C(=O)N[C@@H](Cc3ccc(NC(=O)c4c(Cl)cccc4Cl)cc3)C(=O)OC(C)(C)C)CCCC2)[C@H](C)O[C@@H]1CO. The van der Waals surface area contributed by atoms with Gasteiger partial charge in [0.1, 0.15) is 11.6 Å². The van der Waals surface area contributed by atoms with Crippen LogP contribution < -0.4 is 26.6 Å². The standard InChI is InChI=1S/C91H155Cl2N5O34/c1-73-80(72-99)131-74(2)85(86(73)103)98-83(102)16-15-81(100)95-22-24-108-26-28-110-30-32-112-34-36-114-38-40-116-42-44-118-46-48-120-50-52-122-54-56-124-58-60-126-62-64-128-66-68-130-70-69-129-67-65-127-63-61-125-59-57-123-55-53-121-51-49-119-47-45-117-43-41-115-39-37-113-35-33-111-31-29-109-27-25-107-23-17-82(101)94-21-20-91(18-6-7-19-91)89(106)97-79(88(105)132-90(3,4)5)71-75-11-13-76(14-12-75)96-87(104)84-77(92)9-8-10-78(84)93/h8-14,73-74,79-80,85-86,99,103H,6-7,15-72H2,1-5H3,(H,94,101)(H,95,100)(H,96,104)(H,97,106)(H,98,102)/t73-,74+,79+,80-,85+,86-/m1/s1. The summed E-state index contributed by atoms with van der Waals surface area (Å²) in [4.78, 5) is 77.9. The van der Waals surface area contributed by atoms with Crippen molar-refractivity contribution in [3.8, 4) is 0 Å². The van der Waals surface area contributed by atoms with Gasteiger partial charge in [-0.25, -0.2) is 4.79 Å². The number of aliphatic hydroxyl groups is 2. The first kappa shape index (κ1) is 119. The van der Waals surface area contributed by atoms with E-state index < -0.39 is 53.3 Å². The molecule has 2 aromatic carbocycles. The molecule has 1 aliphatic heterocycles. The number of amides is 5. The van der Waals surface area contributed by atoms with Crippen molar-refractivity contribution < 1.29 is 162 Å². The Hall–Kier alpha value is -5.24. The number of hydrogen-bond acceptors (Lipinski definition) is 34. The summed E-state index contributed by atoms with van der Waals surface area (Å²) >= 11 is 12.5. The fourth-order valence-electron chi connectivity index (χ4n) is 12.8. The van der Waals surface area contributed by atoms with E-state index in [1.165, 1.54) is 0 Å². The number of halogens is 2. The largest absolute Gasteiger partial charge is 0.458 e. The Kier molecular flexibility index (Phi) is 72.8. The summed E-state index contributed by atoms with van der Waals surface area (Å²) in [6.45, 7) is 29.8. The summed E-state index contributed by atoms with van der Waals surface area (Å²) in [5.41, 5.74) is -0.172. The summed E-state index contributed by atoms with van der Waals surface area (Å²) in [6, 6.07) is 10.1. The topological polar surface area (TPSA) is 443 Å². The van der Waals surface area contributed by atoms with Crippen molar-refractivity contribution in [2.24, 2.45) is 11.3 Å². The molecule has 1 aliphatic carbocycles. The lowest BCUT2D eigenvalue weighted by molar-refractivity contribution is -0.161. The van der Waals surface area contributed by atoms with Gasteiger partial charge in [0.2, 0.25) is 23.6 Å². The number of carbonyl (C=O) groups is 6. The van der Waals surface area contributed by atoms with Crippen LogP contribution in [0.15, 0.2) is 42.5 Å². The second-order valence-electron chi connectivity index (χ2n) is 31.4. The number of aliphatic hydroxyl groups excluding tert-OH is 2. The van der Waals surface area contributed by atoms with Gasteiger partial charge >= 0.3 is 5.97 Å². The lowest BCUT2D eigenvalue weighted by atomic mass is 9.81. The minimum Gasteiger partial charge on any atom is -0.458 e. The third-order valence-corrected chi connectivity index (χ3v) is 20.5. The summed E-state index contributed by atoms with van der Waals surface area (Å²) < 4.78 is 145. The van der Waals surface area contributed by atoms with Crippen LogP contribution in [0, 0.1) is 11.3 Å². The number of carbonyl (C=O) groups excluding carboxylic acids is 6. The molecule has 2 aromatic rings. The predicted octanol–water partition coefficient (Wildman–Crippen LogP) is 4.63. The quantitative estimate of drug-likeness (QED) is 0.0350. The number of anilines is 1. The van der Waals surface area contributed by atoms with Crippen LogP contribution >= 0.6 is 23.2 Å². The third-order valence-electron chi connectivity index (χ3n) is 19.9. The minimum absolute atomic E-state index is 0.00200. The van der Waals surface area contributed by atoms with E-state index in [0.717, 1.165) is 18.4 Å². The smallest absolute Gasteiger partial charge is 0.329 e. The van der Waals surface area contributed by atoms with Gasteiger partial charge in [-0.1, -0.05) is 61.2 Å². The first-order valence-corrected chi connectivity index (χ1v) is 47.1. The van der Waals surface area contributed by atoms with Gasteiger partial charge in [0.05, 0.1) is 369 Å². The van der Waals surface area contributed by atoms with E-state index in [9.17, 15) is 39.0 Å². The fourth-order valence-corrected chi connectivity index (χ4v) is 13.4. The molecule has 2 aliphatic rings.